The number of carbonyl (C=O) groups excluding carboxylic acids is 1. The third-order valence-corrected chi connectivity index (χ3v) is 3.96. The number of carbonyl (C=O) groups is 1. The molecule has 1 aliphatic rings. The maximum absolute atomic E-state index is 13.8. The summed E-state index contributed by atoms with van der Waals surface area (Å²) in [5.41, 5.74) is 5.70. The molecule has 4 nitrogen and oxygen atoms in total. The number of methoxy groups -OCH3 is 1. The molecule has 1 amide bonds. The molecule has 20 heavy (non-hydrogen) atoms. The van der Waals surface area contributed by atoms with Gasteiger partial charge in [0.2, 0.25) is 0 Å². The van der Waals surface area contributed by atoms with Gasteiger partial charge in [0.25, 0.3) is 5.91 Å². The van der Waals surface area contributed by atoms with Gasteiger partial charge in [-0.3, -0.25) is 4.79 Å². The Kier molecular flexibility index (Phi) is 4.95. The second-order valence-electron chi connectivity index (χ2n) is 5.18. The van der Waals surface area contributed by atoms with Crippen LogP contribution in [0.3, 0.4) is 0 Å². The van der Waals surface area contributed by atoms with Crippen LogP contribution in [-0.4, -0.2) is 25.6 Å². The molecule has 2 rings (SSSR count). The fraction of sp³-hybridized carbons (Fsp3) is 0.533. The van der Waals surface area contributed by atoms with Gasteiger partial charge in [-0.05, 0) is 30.9 Å². The smallest absolute Gasteiger partial charge is 0.258 e. The van der Waals surface area contributed by atoms with Crippen molar-refractivity contribution in [3.8, 4) is 5.75 Å². The van der Waals surface area contributed by atoms with Crippen LogP contribution in [0.2, 0.25) is 0 Å². The number of nitrogens with two attached hydrogens (primary N) is 1. The summed E-state index contributed by atoms with van der Waals surface area (Å²) >= 11 is 0. The summed E-state index contributed by atoms with van der Waals surface area (Å²) in [6.07, 6.45) is 4.47. The Labute approximate surface area is 118 Å². The number of amides is 1. The third-order valence-electron chi connectivity index (χ3n) is 3.96. The lowest BCUT2D eigenvalue weighted by Gasteiger charge is -2.23. The molecule has 0 spiro atoms. The molecular formula is C15H21FN2O2. The predicted molar refractivity (Wildman–Crippen MR) is 75.2 cm³/mol. The van der Waals surface area contributed by atoms with E-state index in [1.807, 2.05) is 0 Å². The molecule has 1 unspecified atom stereocenters. The highest BCUT2D eigenvalue weighted by Crippen LogP contribution is 2.28. The van der Waals surface area contributed by atoms with Crippen LogP contribution >= 0.6 is 0 Å². The minimum Gasteiger partial charge on any atom is -0.496 e. The van der Waals surface area contributed by atoms with E-state index in [1.54, 1.807) is 6.07 Å². The number of hydrogen-bond donors (Lipinski definition) is 2. The SMILES string of the molecule is COc1cccc(F)c1C(=O)NC(CN)C1CCCC1. The quantitative estimate of drug-likeness (QED) is 0.868. The summed E-state index contributed by atoms with van der Waals surface area (Å²) in [5.74, 6) is -0.405. The molecular weight excluding hydrogens is 259 g/mol. The van der Waals surface area contributed by atoms with Gasteiger partial charge in [0.1, 0.15) is 17.1 Å². The normalized spacial score (nSPS) is 16.9. The van der Waals surface area contributed by atoms with E-state index < -0.39 is 11.7 Å². The first-order valence-corrected chi connectivity index (χ1v) is 7.00. The molecule has 5 heteroatoms. The number of halogens is 1. The monoisotopic (exact) mass is 280 g/mol. The van der Waals surface area contributed by atoms with Gasteiger partial charge in [-0.25, -0.2) is 4.39 Å². The average Bonchev–Trinajstić information content (AvgIpc) is 2.98. The average molecular weight is 280 g/mol. The molecule has 1 saturated carbocycles. The molecule has 0 radical (unpaired) electrons. The number of nitrogens with one attached hydrogen (secondary N) is 1. The summed E-state index contributed by atoms with van der Waals surface area (Å²) in [7, 11) is 1.42. The number of benzene rings is 1. The van der Waals surface area contributed by atoms with E-state index in [9.17, 15) is 9.18 Å². The van der Waals surface area contributed by atoms with Crippen LogP contribution in [-0.2, 0) is 0 Å². The zero-order chi connectivity index (χ0) is 14.5. The van der Waals surface area contributed by atoms with Gasteiger partial charge in [-0.1, -0.05) is 18.9 Å². The van der Waals surface area contributed by atoms with E-state index in [0.29, 0.717) is 12.5 Å². The van der Waals surface area contributed by atoms with Crippen molar-refractivity contribution < 1.29 is 13.9 Å². The van der Waals surface area contributed by atoms with E-state index in [0.717, 1.165) is 12.8 Å². The molecule has 1 aromatic carbocycles. The van der Waals surface area contributed by atoms with Crippen LogP contribution in [0, 0.1) is 11.7 Å². The Morgan fingerprint density at radius 2 is 2.20 bits per heavy atom. The standard InChI is InChI=1S/C15H21FN2O2/c1-20-13-8-4-7-11(16)14(13)15(19)18-12(9-17)10-5-2-3-6-10/h4,7-8,10,12H,2-3,5-6,9,17H2,1H3,(H,18,19). The Morgan fingerprint density at radius 1 is 1.50 bits per heavy atom. The van der Waals surface area contributed by atoms with Gasteiger partial charge in [0.05, 0.1) is 7.11 Å². The molecule has 0 bridgehead atoms. The zero-order valence-electron chi connectivity index (χ0n) is 11.7. The molecule has 1 fully saturated rings. The predicted octanol–water partition coefficient (Wildman–Crippen LogP) is 2.08. The first-order chi connectivity index (χ1) is 9.67. The second-order valence-corrected chi connectivity index (χ2v) is 5.18. The number of hydrogen-bond acceptors (Lipinski definition) is 3. The second kappa shape index (κ2) is 6.70. The van der Waals surface area contributed by atoms with Gasteiger partial charge in [0.15, 0.2) is 0 Å². The van der Waals surface area contributed by atoms with E-state index >= 15 is 0 Å². The van der Waals surface area contributed by atoms with Crippen LogP contribution in [0.5, 0.6) is 5.75 Å². The van der Waals surface area contributed by atoms with E-state index in [4.69, 9.17) is 10.5 Å². The highest BCUT2D eigenvalue weighted by atomic mass is 19.1. The summed E-state index contributed by atoms with van der Waals surface area (Å²) in [5, 5.41) is 2.86. The largest absolute Gasteiger partial charge is 0.496 e. The highest BCUT2D eigenvalue weighted by molar-refractivity contribution is 5.97. The van der Waals surface area contributed by atoms with Crippen molar-refractivity contribution in [2.45, 2.75) is 31.7 Å². The molecule has 1 atom stereocenters. The van der Waals surface area contributed by atoms with Crippen LogP contribution in [0.15, 0.2) is 18.2 Å². The molecule has 110 valence electrons. The molecule has 0 aromatic heterocycles. The molecule has 3 N–H and O–H groups in total. The highest BCUT2D eigenvalue weighted by Gasteiger charge is 2.27. The summed E-state index contributed by atoms with van der Waals surface area (Å²) in [6, 6.07) is 4.24. The van der Waals surface area contributed by atoms with Gasteiger partial charge in [-0.2, -0.15) is 0 Å². The maximum Gasteiger partial charge on any atom is 0.258 e. The van der Waals surface area contributed by atoms with Gasteiger partial charge >= 0.3 is 0 Å². The Balaban J connectivity index is 2.14. The molecule has 0 heterocycles. The third kappa shape index (κ3) is 3.10. The van der Waals surface area contributed by atoms with Crippen LogP contribution in [0.4, 0.5) is 4.39 Å². The van der Waals surface area contributed by atoms with Crippen molar-refractivity contribution in [1.29, 1.82) is 0 Å². The number of rotatable bonds is 5. The molecule has 1 aromatic rings. The molecule has 0 saturated heterocycles. The van der Waals surface area contributed by atoms with Crippen molar-refractivity contribution in [1.82, 2.24) is 5.32 Å². The summed E-state index contributed by atoms with van der Waals surface area (Å²) < 4.78 is 18.9. The number of ether oxygens (including phenoxy) is 1. The zero-order valence-corrected chi connectivity index (χ0v) is 11.7. The van der Waals surface area contributed by atoms with Crippen LogP contribution in [0.25, 0.3) is 0 Å². The minimum atomic E-state index is -0.580. The topological polar surface area (TPSA) is 64.3 Å². The van der Waals surface area contributed by atoms with Gasteiger partial charge in [0, 0.05) is 12.6 Å². The Bertz CT molecular complexity index is 473. The van der Waals surface area contributed by atoms with Crippen molar-refractivity contribution in [3.63, 3.8) is 0 Å². The fourth-order valence-corrected chi connectivity index (χ4v) is 2.86. The summed E-state index contributed by atoms with van der Waals surface area (Å²) in [4.78, 5) is 12.3. The molecule has 0 aliphatic heterocycles. The van der Waals surface area contributed by atoms with Gasteiger partial charge in [-0.15, -0.1) is 0 Å². The lowest BCUT2D eigenvalue weighted by atomic mass is 9.97. The first-order valence-electron chi connectivity index (χ1n) is 7.00. The van der Waals surface area contributed by atoms with Crippen molar-refractivity contribution in [3.05, 3.63) is 29.6 Å². The van der Waals surface area contributed by atoms with E-state index in [1.165, 1.54) is 32.1 Å². The lowest BCUT2D eigenvalue weighted by Crippen LogP contribution is -2.44. The Morgan fingerprint density at radius 3 is 2.80 bits per heavy atom. The minimum absolute atomic E-state index is 0.0496. The van der Waals surface area contributed by atoms with Gasteiger partial charge < -0.3 is 15.8 Å². The lowest BCUT2D eigenvalue weighted by molar-refractivity contribution is 0.0916. The van der Waals surface area contributed by atoms with E-state index in [-0.39, 0.29) is 17.4 Å². The van der Waals surface area contributed by atoms with Crippen LogP contribution in [0.1, 0.15) is 36.0 Å². The maximum atomic E-state index is 13.8. The summed E-state index contributed by atoms with van der Waals surface area (Å²) in [6.45, 7) is 0.368. The van der Waals surface area contributed by atoms with Crippen LogP contribution < -0.4 is 15.8 Å². The van der Waals surface area contributed by atoms with Crippen molar-refractivity contribution in [2.75, 3.05) is 13.7 Å². The molecule has 1 aliphatic carbocycles. The first kappa shape index (κ1) is 14.8. The Hall–Kier alpha value is -1.62. The fourth-order valence-electron chi connectivity index (χ4n) is 2.86. The van der Waals surface area contributed by atoms with Crippen molar-refractivity contribution in [2.24, 2.45) is 11.7 Å². The van der Waals surface area contributed by atoms with E-state index in [2.05, 4.69) is 5.32 Å². The van der Waals surface area contributed by atoms with Crippen molar-refractivity contribution >= 4 is 5.91 Å².